The van der Waals surface area contributed by atoms with Crippen molar-refractivity contribution in [2.45, 2.75) is 110 Å². The quantitative estimate of drug-likeness (QED) is 0.366. The molecule has 0 saturated carbocycles. The van der Waals surface area contributed by atoms with Crippen LogP contribution in [0.2, 0.25) is 18.1 Å². The maximum absolute atomic E-state index is 12.1. The lowest BCUT2D eigenvalue weighted by atomic mass is 10.00. The Hall–Kier alpha value is 0.157. The van der Waals surface area contributed by atoms with E-state index >= 15 is 0 Å². The summed E-state index contributed by atoms with van der Waals surface area (Å²) < 4.78 is 6.09. The predicted molar refractivity (Wildman–Crippen MR) is 114 cm³/mol. The van der Waals surface area contributed by atoms with E-state index in [2.05, 4.69) is 33.9 Å². The number of hydrogen-bond donors (Lipinski definition) is 1. The van der Waals surface area contributed by atoms with Gasteiger partial charge in [0.15, 0.2) is 13.4 Å². The van der Waals surface area contributed by atoms with Crippen LogP contribution in [0.25, 0.3) is 0 Å². The summed E-state index contributed by atoms with van der Waals surface area (Å²) in [4.78, 5) is 12.1. The SMILES string of the molecule is C[C@H](C(=O)SC(C)(C)C)[C@@H](O)CCCCCCO[Si](C)(C)C(C)(C)C. The van der Waals surface area contributed by atoms with Crippen molar-refractivity contribution in [3.05, 3.63) is 0 Å². The lowest BCUT2D eigenvalue weighted by Crippen LogP contribution is -2.40. The van der Waals surface area contributed by atoms with Crippen LogP contribution in [0.5, 0.6) is 0 Å². The topological polar surface area (TPSA) is 46.5 Å². The number of carbonyl (C=O) groups is 1. The van der Waals surface area contributed by atoms with Gasteiger partial charge in [-0.1, -0.05) is 79.5 Å². The molecule has 0 aliphatic rings. The van der Waals surface area contributed by atoms with Crippen LogP contribution in [-0.4, -0.2) is 36.0 Å². The Labute approximate surface area is 161 Å². The molecule has 3 nitrogen and oxygen atoms in total. The molecule has 5 heteroatoms. The van der Waals surface area contributed by atoms with E-state index in [9.17, 15) is 9.90 Å². The summed E-state index contributed by atoms with van der Waals surface area (Å²) in [6.07, 6.45) is 4.45. The summed E-state index contributed by atoms with van der Waals surface area (Å²) in [5.41, 5.74) is 0. The Bertz CT molecular complexity index is 397. The van der Waals surface area contributed by atoms with Gasteiger partial charge in [0, 0.05) is 11.4 Å². The molecule has 1 N–H and O–H groups in total. The van der Waals surface area contributed by atoms with Crippen molar-refractivity contribution in [3.8, 4) is 0 Å². The number of aliphatic hydroxyl groups excluding tert-OH is 1. The molecule has 0 spiro atoms. The molecule has 25 heavy (non-hydrogen) atoms. The van der Waals surface area contributed by atoms with Gasteiger partial charge in [0.05, 0.1) is 12.0 Å². The van der Waals surface area contributed by atoms with Gasteiger partial charge >= 0.3 is 0 Å². The number of unbranched alkanes of at least 4 members (excludes halogenated alkanes) is 3. The predicted octanol–water partition coefficient (Wildman–Crippen LogP) is 6.01. The van der Waals surface area contributed by atoms with Gasteiger partial charge in [-0.25, -0.2) is 0 Å². The third kappa shape index (κ3) is 10.8. The monoisotopic (exact) mass is 390 g/mol. The van der Waals surface area contributed by atoms with Crippen LogP contribution in [0.3, 0.4) is 0 Å². The maximum Gasteiger partial charge on any atom is 0.194 e. The second-order valence-corrected chi connectivity index (χ2v) is 16.3. The van der Waals surface area contributed by atoms with Crippen LogP contribution < -0.4 is 0 Å². The Morgan fingerprint density at radius 2 is 1.56 bits per heavy atom. The summed E-state index contributed by atoms with van der Waals surface area (Å²) >= 11 is 1.34. The first-order valence-corrected chi connectivity index (χ1v) is 13.4. The summed E-state index contributed by atoms with van der Waals surface area (Å²) in [6, 6.07) is 0. The maximum atomic E-state index is 12.1. The van der Waals surface area contributed by atoms with Crippen molar-refractivity contribution >= 4 is 25.2 Å². The van der Waals surface area contributed by atoms with Gasteiger partial charge in [-0.15, -0.1) is 0 Å². The number of aliphatic hydroxyl groups is 1. The minimum absolute atomic E-state index is 0.0881. The van der Waals surface area contributed by atoms with E-state index in [-0.39, 0.29) is 20.8 Å². The molecule has 0 bridgehead atoms. The normalized spacial score (nSPS) is 15.9. The molecule has 0 saturated heterocycles. The average molecular weight is 391 g/mol. The number of thioether (sulfide) groups is 1. The Kier molecular flexibility index (Phi) is 10.5. The minimum Gasteiger partial charge on any atom is -0.417 e. The number of carbonyl (C=O) groups excluding carboxylic acids is 1. The first-order valence-electron chi connectivity index (χ1n) is 9.72. The molecule has 0 aromatic carbocycles. The molecule has 0 aliphatic carbocycles. The van der Waals surface area contributed by atoms with E-state index in [1.54, 1.807) is 0 Å². The highest BCUT2D eigenvalue weighted by atomic mass is 32.2. The molecule has 150 valence electrons. The Morgan fingerprint density at radius 1 is 1.04 bits per heavy atom. The van der Waals surface area contributed by atoms with Crippen LogP contribution in [-0.2, 0) is 9.22 Å². The fraction of sp³-hybridized carbons (Fsp3) is 0.950. The largest absolute Gasteiger partial charge is 0.417 e. The molecule has 0 radical (unpaired) electrons. The van der Waals surface area contributed by atoms with Gasteiger partial charge in [-0.2, -0.15) is 0 Å². The molecule has 0 aliphatic heterocycles. The first-order chi connectivity index (χ1) is 11.2. The highest BCUT2D eigenvalue weighted by Crippen LogP contribution is 2.36. The van der Waals surface area contributed by atoms with Gasteiger partial charge in [0.25, 0.3) is 0 Å². The second-order valence-electron chi connectivity index (χ2n) is 9.70. The van der Waals surface area contributed by atoms with Crippen LogP contribution >= 0.6 is 11.8 Å². The lowest BCUT2D eigenvalue weighted by Gasteiger charge is -2.36. The van der Waals surface area contributed by atoms with Crippen LogP contribution in [0.15, 0.2) is 0 Å². The van der Waals surface area contributed by atoms with Gasteiger partial charge in [-0.3, -0.25) is 4.79 Å². The van der Waals surface area contributed by atoms with Gasteiger partial charge in [-0.05, 0) is 31.0 Å². The molecule has 0 amide bonds. The molecule has 0 unspecified atom stereocenters. The van der Waals surface area contributed by atoms with Crippen molar-refractivity contribution in [2.75, 3.05) is 6.61 Å². The summed E-state index contributed by atoms with van der Waals surface area (Å²) in [7, 11) is -1.62. The second kappa shape index (κ2) is 10.5. The third-order valence-electron chi connectivity index (χ3n) is 5.02. The van der Waals surface area contributed by atoms with Crippen molar-refractivity contribution in [1.29, 1.82) is 0 Å². The molecular formula is C20H42O3SSi. The molecule has 0 heterocycles. The molecule has 0 aromatic heterocycles. The third-order valence-corrected chi connectivity index (χ3v) is 10.7. The van der Waals surface area contributed by atoms with Crippen LogP contribution in [0.1, 0.15) is 80.6 Å². The molecule has 0 aromatic rings. The summed E-state index contributed by atoms with van der Waals surface area (Å²) in [5.74, 6) is -0.286. The van der Waals surface area contributed by atoms with Crippen molar-refractivity contribution in [3.63, 3.8) is 0 Å². The fourth-order valence-electron chi connectivity index (χ4n) is 2.15. The van der Waals surface area contributed by atoms with Crippen molar-refractivity contribution < 1.29 is 14.3 Å². The van der Waals surface area contributed by atoms with E-state index in [1.807, 2.05) is 27.7 Å². The Morgan fingerprint density at radius 3 is 2.04 bits per heavy atom. The zero-order valence-corrected chi connectivity index (χ0v) is 19.9. The summed E-state index contributed by atoms with van der Waals surface area (Å²) in [6.45, 7) is 20.1. The van der Waals surface area contributed by atoms with E-state index < -0.39 is 14.4 Å². The van der Waals surface area contributed by atoms with Gasteiger partial charge < -0.3 is 9.53 Å². The summed E-state index contributed by atoms with van der Waals surface area (Å²) in [5, 5.41) is 10.6. The average Bonchev–Trinajstić information content (AvgIpc) is 2.41. The lowest BCUT2D eigenvalue weighted by molar-refractivity contribution is -0.117. The minimum atomic E-state index is -1.62. The van der Waals surface area contributed by atoms with E-state index in [4.69, 9.17) is 4.43 Å². The van der Waals surface area contributed by atoms with E-state index in [0.717, 1.165) is 32.3 Å². The molecular weight excluding hydrogens is 348 g/mol. The zero-order valence-electron chi connectivity index (χ0n) is 18.1. The Balaban J connectivity index is 3.90. The van der Waals surface area contributed by atoms with Crippen molar-refractivity contribution in [2.24, 2.45) is 5.92 Å². The molecule has 0 fully saturated rings. The highest BCUT2D eigenvalue weighted by molar-refractivity contribution is 8.14. The fourth-order valence-corrected chi connectivity index (χ4v) is 4.19. The molecule has 0 rings (SSSR count). The van der Waals surface area contributed by atoms with Crippen LogP contribution in [0.4, 0.5) is 0 Å². The van der Waals surface area contributed by atoms with Crippen molar-refractivity contribution in [1.82, 2.24) is 0 Å². The zero-order chi connectivity index (χ0) is 19.9. The van der Waals surface area contributed by atoms with Gasteiger partial charge in [0.2, 0.25) is 0 Å². The molecule has 2 atom stereocenters. The number of hydrogen-bond acceptors (Lipinski definition) is 4. The first kappa shape index (κ1) is 25.2. The highest BCUT2D eigenvalue weighted by Gasteiger charge is 2.36. The standard InChI is InChI=1S/C20H42O3SSi/c1-16(18(22)24-19(2,3)4)17(21)14-12-10-11-13-15-23-25(8,9)20(5,6)7/h16-17,21H,10-15H2,1-9H3/t16-,17-/m0/s1. The van der Waals surface area contributed by atoms with E-state index in [0.29, 0.717) is 6.42 Å². The number of rotatable bonds is 10. The van der Waals surface area contributed by atoms with Gasteiger partial charge in [0.1, 0.15) is 0 Å². The van der Waals surface area contributed by atoms with E-state index in [1.165, 1.54) is 11.8 Å². The smallest absolute Gasteiger partial charge is 0.194 e. The van der Waals surface area contributed by atoms with Crippen LogP contribution in [0, 0.1) is 5.92 Å².